The highest BCUT2D eigenvalue weighted by Crippen LogP contribution is 2.39. The van der Waals surface area contributed by atoms with Crippen LogP contribution >= 0.6 is 11.6 Å². The second-order valence-corrected chi connectivity index (χ2v) is 7.22. The van der Waals surface area contributed by atoms with Crippen LogP contribution in [0.5, 0.6) is 0 Å². The first-order valence-corrected chi connectivity index (χ1v) is 9.26. The Bertz CT molecular complexity index is 1300. The Morgan fingerprint density at radius 2 is 1.86 bits per heavy atom. The highest BCUT2D eigenvalue weighted by molar-refractivity contribution is 6.30. The van der Waals surface area contributed by atoms with Gasteiger partial charge in [0.2, 0.25) is 5.76 Å². The number of carbonyl (C=O) groups is 1. The van der Waals surface area contributed by atoms with Gasteiger partial charge in [-0.15, -0.1) is 0 Å². The molecule has 1 amide bonds. The van der Waals surface area contributed by atoms with Crippen LogP contribution < -0.4 is 5.43 Å². The van der Waals surface area contributed by atoms with Crippen LogP contribution in [-0.4, -0.2) is 10.8 Å². The molecule has 1 aliphatic heterocycles. The van der Waals surface area contributed by atoms with Gasteiger partial charge in [0.25, 0.3) is 5.91 Å². The van der Waals surface area contributed by atoms with Crippen molar-refractivity contribution in [1.82, 2.24) is 4.90 Å². The predicted molar refractivity (Wildman–Crippen MR) is 104 cm³/mol. The molecular formula is C22H13ClFNO4. The topological polar surface area (TPSA) is 63.7 Å². The van der Waals surface area contributed by atoms with Crippen molar-refractivity contribution in [2.24, 2.45) is 0 Å². The zero-order valence-electron chi connectivity index (χ0n) is 14.9. The predicted octanol–water partition coefficient (Wildman–Crippen LogP) is 4.92. The largest absolute Gasteiger partial charge is 0.467 e. The van der Waals surface area contributed by atoms with Crippen LogP contribution in [0.2, 0.25) is 5.02 Å². The Labute approximate surface area is 168 Å². The van der Waals surface area contributed by atoms with E-state index in [4.69, 9.17) is 20.4 Å². The van der Waals surface area contributed by atoms with Crippen LogP contribution in [0.1, 0.15) is 33.5 Å². The first kappa shape index (κ1) is 17.7. The summed E-state index contributed by atoms with van der Waals surface area (Å²) in [7, 11) is 0. The highest BCUT2D eigenvalue weighted by Gasteiger charge is 2.43. The summed E-state index contributed by atoms with van der Waals surface area (Å²) in [6.07, 6.45) is 1.51. The molecule has 0 saturated heterocycles. The molecule has 2 aromatic heterocycles. The van der Waals surface area contributed by atoms with Crippen molar-refractivity contribution in [3.8, 4) is 0 Å². The van der Waals surface area contributed by atoms with Gasteiger partial charge in [0.05, 0.1) is 29.8 Å². The van der Waals surface area contributed by atoms with Gasteiger partial charge in [-0.1, -0.05) is 23.7 Å². The summed E-state index contributed by atoms with van der Waals surface area (Å²) < 4.78 is 24.9. The number of nitrogens with zero attached hydrogens (tertiary/aromatic N) is 1. The quantitative estimate of drug-likeness (QED) is 0.481. The lowest BCUT2D eigenvalue weighted by Gasteiger charge is -2.24. The minimum atomic E-state index is -0.705. The summed E-state index contributed by atoms with van der Waals surface area (Å²) in [5.74, 6) is -0.460. The Balaban J connectivity index is 1.75. The number of benzene rings is 2. The molecule has 0 fully saturated rings. The normalized spacial score (nSPS) is 15.9. The molecule has 29 heavy (non-hydrogen) atoms. The summed E-state index contributed by atoms with van der Waals surface area (Å²) in [5.41, 5.74) is 0.604. The molecule has 0 radical (unpaired) electrons. The number of carbonyl (C=O) groups excluding carboxylic acids is 1. The molecule has 144 valence electrons. The fourth-order valence-electron chi connectivity index (χ4n) is 3.72. The number of rotatable bonds is 3. The average Bonchev–Trinajstić information content (AvgIpc) is 3.32. The molecule has 1 aliphatic rings. The van der Waals surface area contributed by atoms with Crippen LogP contribution in [0, 0.1) is 5.82 Å². The summed E-state index contributed by atoms with van der Waals surface area (Å²) >= 11 is 6.01. The summed E-state index contributed by atoms with van der Waals surface area (Å²) in [6, 6.07) is 13.3. The van der Waals surface area contributed by atoms with E-state index in [0.29, 0.717) is 16.3 Å². The van der Waals surface area contributed by atoms with E-state index < -0.39 is 23.2 Å². The van der Waals surface area contributed by atoms with Gasteiger partial charge in [0.1, 0.15) is 17.2 Å². The lowest BCUT2D eigenvalue weighted by molar-refractivity contribution is 0.0701. The van der Waals surface area contributed by atoms with Crippen molar-refractivity contribution in [3.05, 3.63) is 105 Å². The minimum Gasteiger partial charge on any atom is -0.467 e. The first-order chi connectivity index (χ1) is 14.0. The molecule has 1 atom stereocenters. The molecule has 3 heterocycles. The van der Waals surface area contributed by atoms with Gasteiger partial charge in [-0.25, -0.2) is 4.39 Å². The number of furan rings is 1. The van der Waals surface area contributed by atoms with Crippen LogP contribution in [0.4, 0.5) is 4.39 Å². The maximum atomic E-state index is 13.8. The third kappa shape index (κ3) is 2.84. The lowest BCUT2D eigenvalue weighted by Crippen LogP contribution is -2.29. The van der Waals surface area contributed by atoms with E-state index in [1.165, 1.54) is 23.3 Å². The molecule has 0 aliphatic carbocycles. The Morgan fingerprint density at radius 1 is 1.07 bits per heavy atom. The number of halogens is 2. The Morgan fingerprint density at radius 3 is 2.59 bits per heavy atom. The molecule has 5 rings (SSSR count). The lowest BCUT2D eigenvalue weighted by atomic mass is 9.98. The smallest absolute Gasteiger partial charge is 0.291 e. The van der Waals surface area contributed by atoms with Gasteiger partial charge in [-0.2, -0.15) is 0 Å². The molecule has 0 spiro atoms. The monoisotopic (exact) mass is 409 g/mol. The van der Waals surface area contributed by atoms with Crippen LogP contribution in [0.15, 0.2) is 74.5 Å². The van der Waals surface area contributed by atoms with E-state index >= 15 is 0 Å². The summed E-state index contributed by atoms with van der Waals surface area (Å²) in [6.45, 7) is 0.146. The van der Waals surface area contributed by atoms with Gasteiger partial charge < -0.3 is 13.7 Å². The molecule has 0 unspecified atom stereocenters. The van der Waals surface area contributed by atoms with Crippen LogP contribution in [0.3, 0.4) is 0 Å². The number of hydrogen-bond donors (Lipinski definition) is 0. The molecule has 7 heteroatoms. The zero-order chi connectivity index (χ0) is 20.1. The maximum absolute atomic E-state index is 13.8. The van der Waals surface area contributed by atoms with E-state index in [-0.39, 0.29) is 28.8 Å². The van der Waals surface area contributed by atoms with Crippen molar-refractivity contribution >= 4 is 28.5 Å². The van der Waals surface area contributed by atoms with Crippen molar-refractivity contribution < 1.29 is 18.0 Å². The van der Waals surface area contributed by atoms with Crippen LogP contribution in [0.25, 0.3) is 11.0 Å². The van der Waals surface area contributed by atoms with Gasteiger partial charge >= 0.3 is 0 Å². The maximum Gasteiger partial charge on any atom is 0.291 e. The molecule has 0 bridgehead atoms. The molecule has 2 aromatic carbocycles. The van der Waals surface area contributed by atoms with Crippen molar-refractivity contribution in [3.63, 3.8) is 0 Å². The van der Waals surface area contributed by atoms with Gasteiger partial charge in [-0.05, 0) is 48.0 Å². The van der Waals surface area contributed by atoms with E-state index in [0.717, 1.165) is 6.07 Å². The number of hydrogen-bond acceptors (Lipinski definition) is 4. The fraction of sp³-hybridized carbons (Fsp3) is 0.0909. The van der Waals surface area contributed by atoms with E-state index in [1.54, 1.807) is 36.4 Å². The third-order valence-corrected chi connectivity index (χ3v) is 5.27. The van der Waals surface area contributed by atoms with E-state index in [9.17, 15) is 14.0 Å². The standard InChI is InChI=1S/C22H13ClFNO4/c23-13-5-3-12(4-6-13)19-18-20(26)16-10-14(24)7-8-17(16)29-21(18)22(27)25(19)11-15-2-1-9-28-15/h1-10,19H,11H2/t19-/m1/s1. The van der Waals surface area contributed by atoms with E-state index in [2.05, 4.69) is 0 Å². The van der Waals surface area contributed by atoms with Crippen molar-refractivity contribution in [2.45, 2.75) is 12.6 Å². The van der Waals surface area contributed by atoms with Crippen molar-refractivity contribution in [2.75, 3.05) is 0 Å². The molecular weight excluding hydrogens is 397 g/mol. The van der Waals surface area contributed by atoms with Gasteiger partial charge in [0.15, 0.2) is 5.43 Å². The second-order valence-electron chi connectivity index (χ2n) is 6.78. The Kier molecular flexibility index (Phi) is 4.03. The fourth-order valence-corrected chi connectivity index (χ4v) is 3.84. The molecule has 0 N–H and O–H groups in total. The van der Waals surface area contributed by atoms with Gasteiger partial charge in [-0.3, -0.25) is 9.59 Å². The third-order valence-electron chi connectivity index (χ3n) is 5.02. The molecule has 0 saturated carbocycles. The molecule has 5 nitrogen and oxygen atoms in total. The highest BCUT2D eigenvalue weighted by atomic mass is 35.5. The summed E-state index contributed by atoms with van der Waals surface area (Å²) in [4.78, 5) is 28.0. The number of fused-ring (bicyclic) bond motifs is 2. The van der Waals surface area contributed by atoms with Crippen LogP contribution in [-0.2, 0) is 6.54 Å². The van der Waals surface area contributed by atoms with Gasteiger partial charge in [0, 0.05) is 5.02 Å². The number of amides is 1. The van der Waals surface area contributed by atoms with E-state index in [1.807, 2.05) is 0 Å². The average molecular weight is 410 g/mol. The Hall–Kier alpha value is -3.38. The minimum absolute atomic E-state index is 0.0411. The SMILES string of the molecule is O=C1c2oc3ccc(F)cc3c(=O)c2[C@@H](c2ccc(Cl)cc2)N1Cc1ccco1. The second kappa shape index (κ2) is 6.60. The zero-order valence-corrected chi connectivity index (χ0v) is 15.7. The molecule has 4 aromatic rings. The van der Waals surface area contributed by atoms with Crippen molar-refractivity contribution in [1.29, 1.82) is 0 Å². The first-order valence-electron chi connectivity index (χ1n) is 8.88. The summed E-state index contributed by atoms with van der Waals surface area (Å²) in [5, 5.41) is 0.624.